The summed E-state index contributed by atoms with van der Waals surface area (Å²) >= 11 is 4.33. The van der Waals surface area contributed by atoms with Crippen LogP contribution in [-0.4, -0.2) is 30.8 Å². The second kappa shape index (κ2) is 9.57. The molecule has 33 heavy (non-hydrogen) atoms. The Balaban J connectivity index is 1.47. The third kappa shape index (κ3) is 4.98. The Morgan fingerprint density at radius 2 is 1.76 bits per heavy atom. The molecule has 0 amide bonds. The van der Waals surface area contributed by atoms with Gasteiger partial charge in [-0.3, -0.25) is 9.36 Å². The van der Waals surface area contributed by atoms with Gasteiger partial charge in [0.05, 0.1) is 22.7 Å². The molecule has 0 unspecified atom stereocenters. The van der Waals surface area contributed by atoms with E-state index in [1.807, 2.05) is 76.7 Å². The van der Waals surface area contributed by atoms with E-state index >= 15 is 0 Å². The van der Waals surface area contributed by atoms with Crippen LogP contribution in [0.4, 0.5) is 0 Å². The van der Waals surface area contributed by atoms with Gasteiger partial charge in [-0.05, 0) is 59.6 Å². The predicted octanol–water partition coefficient (Wildman–Crippen LogP) is 6.02. The van der Waals surface area contributed by atoms with E-state index in [0.29, 0.717) is 15.2 Å². The molecule has 0 aliphatic carbocycles. The highest BCUT2D eigenvalue weighted by atomic mass is 32.2. The maximum Gasteiger partial charge on any atom is 0.309 e. The van der Waals surface area contributed by atoms with Crippen LogP contribution in [0.3, 0.4) is 0 Å². The van der Waals surface area contributed by atoms with Crippen molar-refractivity contribution in [1.82, 2.24) is 19.7 Å². The number of hydrogen-bond acceptors (Lipinski definition) is 8. The Bertz CT molecular complexity index is 1360. The Hall–Kier alpha value is -3.47. The van der Waals surface area contributed by atoms with E-state index in [9.17, 15) is 4.79 Å². The monoisotopic (exact) mass is 492 g/mol. The van der Waals surface area contributed by atoms with Gasteiger partial charge in [-0.1, -0.05) is 24.3 Å². The number of rotatable bonds is 8. The van der Waals surface area contributed by atoms with Gasteiger partial charge in [0, 0.05) is 5.38 Å². The average molecular weight is 493 g/mol. The number of para-hydroxylation sites is 1. The van der Waals surface area contributed by atoms with Gasteiger partial charge >= 0.3 is 5.97 Å². The fourth-order valence-corrected chi connectivity index (χ4v) is 5.56. The molecule has 0 aliphatic heterocycles. The van der Waals surface area contributed by atoms with Gasteiger partial charge in [-0.2, -0.15) is 0 Å². The maximum atomic E-state index is 11.0. The summed E-state index contributed by atoms with van der Waals surface area (Å²) in [6.45, 7) is 0. The van der Waals surface area contributed by atoms with Crippen molar-refractivity contribution in [3.05, 3.63) is 83.2 Å². The minimum atomic E-state index is -0.905. The molecule has 0 saturated heterocycles. The quantitative estimate of drug-likeness (QED) is 0.283. The molecule has 3 aromatic heterocycles. The van der Waals surface area contributed by atoms with E-state index in [1.165, 1.54) is 23.1 Å². The molecule has 0 radical (unpaired) electrons. The largest absolute Gasteiger partial charge is 0.481 e. The minimum Gasteiger partial charge on any atom is -0.481 e. The third-order valence-electron chi connectivity index (χ3n) is 4.49. The lowest BCUT2D eigenvalue weighted by Gasteiger charge is -2.10. The van der Waals surface area contributed by atoms with Crippen LogP contribution < -0.4 is 4.74 Å². The molecule has 164 valence electrons. The number of benzene rings is 2. The highest BCUT2D eigenvalue weighted by Crippen LogP contribution is 2.35. The first-order valence-corrected chi connectivity index (χ1v) is 12.4. The van der Waals surface area contributed by atoms with E-state index < -0.39 is 5.97 Å². The second-order valence-corrected chi connectivity index (χ2v) is 9.83. The normalized spacial score (nSPS) is 10.9. The van der Waals surface area contributed by atoms with E-state index in [2.05, 4.69) is 15.2 Å². The number of thiazole rings is 1. The number of aliphatic carboxylic acids is 1. The average Bonchev–Trinajstić information content (AvgIpc) is 3.57. The van der Waals surface area contributed by atoms with Crippen molar-refractivity contribution >= 4 is 40.4 Å². The zero-order chi connectivity index (χ0) is 22.6. The summed E-state index contributed by atoms with van der Waals surface area (Å²) in [5, 5.41) is 22.2. The van der Waals surface area contributed by atoms with Gasteiger partial charge < -0.3 is 9.84 Å². The van der Waals surface area contributed by atoms with Crippen molar-refractivity contribution in [1.29, 1.82) is 0 Å². The zero-order valence-corrected chi connectivity index (χ0v) is 19.4. The summed E-state index contributed by atoms with van der Waals surface area (Å²) in [5.74, 6) is 1.32. The molecule has 0 saturated carbocycles. The number of carbonyl (C=O) groups is 1. The molecular formula is C23H16N4O3S3. The lowest BCUT2D eigenvalue weighted by atomic mass is 10.3. The molecule has 0 bridgehead atoms. The summed E-state index contributed by atoms with van der Waals surface area (Å²) in [7, 11) is 0. The van der Waals surface area contributed by atoms with Gasteiger partial charge in [-0.25, -0.2) is 4.98 Å². The van der Waals surface area contributed by atoms with Crippen LogP contribution in [-0.2, 0) is 11.2 Å². The van der Waals surface area contributed by atoms with Crippen molar-refractivity contribution in [3.8, 4) is 27.9 Å². The predicted molar refractivity (Wildman–Crippen MR) is 129 cm³/mol. The first-order valence-electron chi connectivity index (χ1n) is 9.82. The zero-order valence-electron chi connectivity index (χ0n) is 17.0. The number of carboxylic acids is 1. The molecule has 3 heterocycles. The SMILES string of the molecule is O=C(O)Cc1csc(Sc2nnc(-c3cccs3)n2-c2ccc(Oc3ccccc3)cc2)n1. The lowest BCUT2D eigenvalue weighted by molar-refractivity contribution is -0.136. The summed E-state index contributed by atoms with van der Waals surface area (Å²) in [5.41, 5.74) is 1.41. The van der Waals surface area contributed by atoms with Crippen LogP contribution in [0, 0.1) is 0 Å². The molecule has 7 nitrogen and oxygen atoms in total. The van der Waals surface area contributed by atoms with Crippen LogP contribution in [0.1, 0.15) is 5.69 Å². The van der Waals surface area contributed by atoms with Crippen LogP contribution >= 0.6 is 34.4 Å². The first-order chi connectivity index (χ1) is 16.2. The number of hydrogen-bond donors (Lipinski definition) is 1. The van der Waals surface area contributed by atoms with Crippen molar-refractivity contribution < 1.29 is 14.6 Å². The summed E-state index contributed by atoms with van der Waals surface area (Å²) < 4.78 is 8.60. The maximum absolute atomic E-state index is 11.0. The highest BCUT2D eigenvalue weighted by Gasteiger charge is 2.19. The number of thiophene rings is 1. The Morgan fingerprint density at radius 1 is 0.970 bits per heavy atom. The van der Waals surface area contributed by atoms with Gasteiger partial charge in [-0.15, -0.1) is 32.9 Å². The third-order valence-corrected chi connectivity index (χ3v) is 7.29. The van der Waals surface area contributed by atoms with Crippen LogP contribution in [0.15, 0.2) is 87.0 Å². The van der Waals surface area contributed by atoms with Gasteiger partial charge in [0.1, 0.15) is 11.5 Å². The molecule has 0 atom stereocenters. The van der Waals surface area contributed by atoms with E-state index in [-0.39, 0.29) is 6.42 Å². The molecular weight excluding hydrogens is 476 g/mol. The molecule has 2 aromatic carbocycles. The van der Waals surface area contributed by atoms with E-state index in [0.717, 1.165) is 27.9 Å². The standard InChI is InChI=1S/C23H16N4O3S3/c28-20(29)13-15-14-32-23(24-15)33-22-26-25-21(19-7-4-12-31-19)27(22)16-8-10-18(11-9-16)30-17-5-2-1-3-6-17/h1-12,14H,13H2,(H,28,29). The molecule has 0 fully saturated rings. The Kier molecular flexibility index (Phi) is 6.20. The van der Waals surface area contributed by atoms with E-state index in [4.69, 9.17) is 9.84 Å². The van der Waals surface area contributed by atoms with Crippen molar-refractivity contribution in [2.24, 2.45) is 0 Å². The number of ether oxygens (including phenoxy) is 1. The first kappa shape index (κ1) is 21.4. The molecule has 10 heteroatoms. The topological polar surface area (TPSA) is 90.1 Å². The van der Waals surface area contributed by atoms with Crippen molar-refractivity contribution in [2.75, 3.05) is 0 Å². The summed E-state index contributed by atoms with van der Waals surface area (Å²) in [4.78, 5) is 16.4. The molecule has 5 rings (SSSR count). The lowest BCUT2D eigenvalue weighted by Crippen LogP contribution is -2.00. The number of aromatic nitrogens is 4. The fraction of sp³-hybridized carbons (Fsp3) is 0.0435. The van der Waals surface area contributed by atoms with Gasteiger partial charge in [0.2, 0.25) is 5.16 Å². The molecule has 0 aliphatic rings. The Morgan fingerprint density at radius 3 is 2.48 bits per heavy atom. The summed E-state index contributed by atoms with van der Waals surface area (Å²) in [6.07, 6.45) is -0.104. The second-order valence-electron chi connectivity index (χ2n) is 6.81. The van der Waals surface area contributed by atoms with E-state index in [1.54, 1.807) is 16.7 Å². The van der Waals surface area contributed by atoms with Crippen LogP contribution in [0.2, 0.25) is 0 Å². The molecule has 5 aromatic rings. The van der Waals surface area contributed by atoms with Crippen molar-refractivity contribution in [2.45, 2.75) is 15.9 Å². The van der Waals surface area contributed by atoms with Gasteiger partial charge in [0.25, 0.3) is 0 Å². The molecule has 1 N–H and O–H groups in total. The number of nitrogens with zero attached hydrogens (tertiary/aromatic N) is 4. The number of carboxylic acid groups (broad SMARTS) is 1. The van der Waals surface area contributed by atoms with Crippen LogP contribution in [0.25, 0.3) is 16.4 Å². The Labute approximate surface area is 201 Å². The smallest absolute Gasteiger partial charge is 0.309 e. The fourth-order valence-electron chi connectivity index (χ4n) is 3.07. The van der Waals surface area contributed by atoms with Crippen LogP contribution in [0.5, 0.6) is 11.5 Å². The highest BCUT2D eigenvalue weighted by molar-refractivity contribution is 8.00. The minimum absolute atomic E-state index is 0.104. The van der Waals surface area contributed by atoms with Crippen molar-refractivity contribution in [3.63, 3.8) is 0 Å². The molecule has 0 spiro atoms. The summed E-state index contributed by atoms with van der Waals surface area (Å²) in [6, 6.07) is 21.3. The van der Waals surface area contributed by atoms with Gasteiger partial charge in [0.15, 0.2) is 10.2 Å².